The molecule has 1 saturated carbocycles. The van der Waals surface area contributed by atoms with E-state index in [1.165, 1.54) is 37.7 Å². The molecule has 1 aliphatic carbocycles. The van der Waals surface area contributed by atoms with Gasteiger partial charge in [-0.05, 0) is 37.7 Å². The zero-order valence-corrected chi connectivity index (χ0v) is 9.15. The van der Waals surface area contributed by atoms with Gasteiger partial charge in [0.05, 0.1) is 0 Å². The van der Waals surface area contributed by atoms with Crippen LogP contribution in [0.4, 0.5) is 0 Å². The van der Waals surface area contributed by atoms with E-state index in [0.717, 1.165) is 0 Å². The van der Waals surface area contributed by atoms with Crippen molar-refractivity contribution in [1.29, 1.82) is 0 Å². The highest BCUT2D eigenvalue weighted by Crippen LogP contribution is 2.28. The second kappa shape index (κ2) is 5.55. The molecule has 0 spiro atoms. The van der Waals surface area contributed by atoms with Crippen LogP contribution in [0.5, 0.6) is 0 Å². The van der Waals surface area contributed by atoms with E-state index in [2.05, 4.69) is 48.6 Å². The molecule has 78 valence electrons. The van der Waals surface area contributed by atoms with Crippen LogP contribution in [0.3, 0.4) is 0 Å². The third kappa shape index (κ3) is 4.16. The number of hydrogen-bond donors (Lipinski definition) is 0. The van der Waals surface area contributed by atoms with Gasteiger partial charge in [0.25, 0.3) is 0 Å². The van der Waals surface area contributed by atoms with Crippen molar-refractivity contribution in [2.24, 2.45) is 0 Å². The van der Waals surface area contributed by atoms with Crippen molar-refractivity contribution in [3.63, 3.8) is 0 Å². The Balaban J connectivity index is 1.64. The lowest BCUT2D eigenvalue weighted by atomic mass is 10.1. The van der Waals surface area contributed by atoms with E-state index in [0.29, 0.717) is 0 Å². The smallest absolute Gasteiger partial charge is 0.0260 e. The van der Waals surface area contributed by atoms with Crippen molar-refractivity contribution < 1.29 is 0 Å². The second-order valence-electron chi connectivity index (χ2n) is 4.11. The molecule has 0 heteroatoms. The number of benzene rings is 1. The predicted molar refractivity (Wildman–Crippen MR) is 66.6 cm³/mol. The molecule has 0 heterocycles. The summed E-state index contributed by atoms with van der Waals surface area (Å²) < 4.78 is 0. The average molecular weight is 198 g/mol. The monoisotopic (exact) mass is 198 g/mol. The summed E-state index contributed by atoms with van der Waals surface area (Å²) in [5.74, 6) is 0. The fourth-order valence-electron chi connectivity index (χ4n) is 1.60. The van der Waals surface area contributed by atoms with Crippen LogP contribution in [-0.4, -0.2) is 0 Å². The molecule has 0 aliphatic heterocycles. The Morgan fingerprint density at radius 2 is 1.80 bits per heavy atom. The minimum absolute atomic E-state index is 1.19. The minimum Gasteiger partial charge on any atom is -0.0853 e. The molecule has 0 unspecified atom stereocenters. The zero-order chi connectivity index (χ0) is 10.3. The average Bonchev–Trinajstić information content (AvgIpc) is 3.09. The quantitative estimate of drug-likeness (QED) is 0.479. The molecular formula is C15H18. The fraction of sp³-hybridized carbons (Fsp3) is 0.333. The first kappa shape index (κ1) is 10.2. The highest BCUT2D eigenvalue weighted by atomic mass is 14.1. The van der Waals surface area contributed by atoms with Gasteiger partial charge in [-0.3, -0.25) is 0 Å². The summed E-state index contributed by atoms with van der Waals surface area (Å²) in [6.45, 7) is 0. The molecule has 1 aromatic carbocycles. The lowest BCUT2D eigenvalue weighted by molar-refractivity contribution is 0.869. The van der Waals surface area contributed by atoms with Gasteiger partial charge in [-0.1, -0.05) is 54.1 Å². The van der Waals surface area contributed by atoms with E-state index in [9.17, 15) is 0 Å². The van der Waals surface area contributed by atoms with Crippen LogP contribution in [0, 0.1) is 0 Å². The highest BCUT2D eigenvalue weighted by molar-refractivity contribution is 5.48. The Kier molecular flexibility index (Phi) is 3.78. The third-order valence-corrected chi connectivity index (χ3v) is 2.66. The zero-order valence-electron chi connectivity index (χ0n) is 9.15. The molecule has 0 atom stereocenters. The Labute approximate surface area is 92.3 Å². The molecule has 0 saturated heterocycles. The normalized spacial score (nSPS) is 14.5. The molecule has 1 fully saturated rings. The van der Waals surface area contributed by atoms with Crippen molar-refractivity contribution in [2.45, 2.75) is 32.1 Å². The van der Waals surface area contributed by atoms with Gasteiger partial charge >= 0.3 is 0 Å². The first-order chi connectivity index (χ1) is 7.45. The summed E-state index contributed by atoms with van der Waals surface area (Å²) in [6.07, 6.45) is 13.4. The molecule has 0 bridgehead atoms. The number of allylic oxidation sites excluding steroid dienone is 3. The lowest BCUT2D eigenvalue weighted by Gasteiger charge is -1.92. The molecule has 2 rings (SSSR count). The summed E-state index contributed by atoms with van der Waals surface area (Å²) in [4.78, 5) is 0. The predicted octanol–water partition coefficient (Wildman–Crippen LogP) is 4.59. The van der Waals surface area contributed by atoms with Crippen molar-refractivity contribution in [2.75, 3.05) is 0 Å². The van der Waals surface area contributed by atoms with Crippen LogP contribution in [-0.2, 0) is 0 Å². The number of rotatable bonds is 5. The molecular weight excluding hydrogens is 180 g/mol. The van der Waals surface area contributed by atoms with E-state index >= 15 is 0 Å². The second-order valence-corrected chi connectivity index (χ2v) is 4.11. The van der Waals surface area contributed by atoms with Gasteiger partial charge in [-0.2, -0.15) is 0 Å². The lowest BCUT2D eigenvalue weighted by Crippen LogP contribution is -1.71. The molecule has 15 heavy (non-hydrogen) atoms. The van der Waals surface area contributed by atoms with Crippen LogP contribution in [0.15, 0.2) is 48.1 Å². The largest absolute Gasteiger partial charge is 0.0853 e. The molecule has 1 aliphatic rings. The molecule has 0 amide bonds. The summed E-state index contributed by atoms with van der Waals surface area (Å²) in [7, 11) is 0. The number of unbranched alkanes of at least 4 members (excludes halogenated alkanes) is 2. The van der Waals surface area contributed by atoms with Gasteiger partial charge in [0, 0.05) is 0 Å². The number of hydrogen-bond acceptors (Lipinski definition) is 0. The van der Waals surface area contributed by atoms with Gasteiger partial charge in [0.2, 0.25) is 0 Å². The van der Waals surface area contributed by atoms with Crippen LogP contribution in [0.2, 0.25) is 0 Å². The highest BCUT2D eigenvalue weighted by Gasteiger charge is 2.08. The fourth-order valence-corrected chi connectivity index (χ4v) is 1.60. The van der Waals surface area contributed by atoms with E-state index in [1.807, 2.05) is 0 Å². The summed E-state index contributed by atoms with van der Waals surface area (Å²) in [5, 5.41) is 0. The molecule has 0 radical (unpaired) electrons. The van der Waals surface area contributed by atoms with E-state index in [1.54, 1.807) is 5.57 Å². The molecule has 1 aromatic rings. The Morgan fingerprint density at radius 1 is 1.00 bits per heavy atom. The van der Waals surface area contributed by atoms with E-state index in [4.69, 9.17) is 0 Å². The standard InChI is InChI=1S/C15H18/c1(2-5-11-15-12-13-15)4-8-14-9-6-3-7-10-14/h3-4,6-11H,1-2,5,12-13H2. The Morgan fingerprint density at radius 3 is 2.53 bits per heavy atom. The van der Waals surface area contributed by atoms with Crippen molar-refractivity contribution in [1.82, 2.24) is 0 Å². The summed E-state index contributed by atoms with van der Waals surface area (Å²) in [5.41, 5.74) is 2.97. The molecule has 0 N–H and O–H groups in total. The third-order valence-electron chi connectivity index (χ3n) is 2.66. The van der Waals surface area contributed by atoms with Gasteiger partial charge in [-0.25, -0.2) is 0 Å². The summed E-state index contributed by atoms with van der Waals surface area (Å²) in [6, 6.07) is 10.5. The van der Waals surface area contributed by atoms with Crippen LogP contribution in [0.1, 0.15) is 37.7 Å². The van der Waals surface area contributed by atoms with Crippen LogP contribution >= 0.6 is 0 Å². The topological polar surface area (TPSA) is 0 Å². The maximum absolute atomic E-state index is 2.41. The van der Waals surface area contributed by atoms with Gasteiger partial charge in [0.1, 0.15) is 0 Å². The van der Waals surface area contributed by atoms with Gasteiger partial charge in [0.15, 0.2) is 0 Å². The van der Waals surface area contributed by atoms with Crippen molar-refractivity contribution in [3.05, 3.63) is 53.6 Å². The SMILES string of the molecule is C(=Cc1ccccc1)CCCC=C1CC1. The van der Waals surface area contributed by atoms with Crippen LogP contribution < -0.4 is 0 Å². The maximum atomic E-state index is 2.41. The molecule has 0 aromatic heterocycles. The first-order valence-corrected chi connectivity index (χ1v) is 5.84. The Bertz CT molecular complexity index is 338. The first-order valence-electron chi connectivity index (χ1n) is 5.84. The minimum atomic E-state index is 1.19. The maximum Gasteiger partial charge on any atom is -0.0260 e. The van der Waals surface area contributed by atoms with Crippen molar-refractivity contribution >= 4 is 6.08 Å². The Hall–Kier alpha value is -1.30. The van der Waals surface area contributed by atoms with Crippen LogP contribution in [0.25, 0.3) is 6.08 Å². The van der Waals surface area contributed by atoms with E-state index in [-0.39, 0.29) is 0 Å². The van der Waals surface area contributed by atoms with E-state index < -0.39 is 0 Å². The van der Waals surface area contributed by atoms with Gasteiger partial charge in [-0.15, -0.1) is 0 Å². The van der Waals surface area contributed by atoms with Crippen molar-refractivity contribution in [3.8, 4) is 0 Å². The molecule has 0 nitrogen and oxygen atoms in total. The summed E-state index contributed by atoms with van der Waals surface area (Å²) >= 11 is 0. The van der Waals surface area contributed by atoms with Gasteiger partial charge < -0.3 is 0 Å².